The molecule has 0 aliphatic heterocycles. The standard InChI is InChI=1S/C14H23N3O/c1-5-12(13(6-2)10-15)8-9-17(7-3)14(18)11-16-4/h4-9,11H2,1-3H3/b13-12-. The lowest BCUT2D eigenvalue weighted by Crippen LogP contribution is -2.33. The molecule has 0 aromatic rings. The second-order valence-electron chi connectivity index (χ2n) is 4.01. The minimum absolute atomic E-state index is 0.00189. The third kappa shape index (κ3) is 5.13. The number of allylic oxidation sites excluding steroid dienone is 1. The van der Waals surface area contributed by atoms with E-state index in [2.05, 4.69) is 17.8 Å². The number of nitrogens with zero attached hydrogens (tertiary/aromatic N) is 3. The van der Waals surface area contributed by atoms with E-state index in [0.29, 0.717) is 13.1 Å². The maximum Gasteiger partial charge on any atom is 0.244 e. The van der Waals surface area contributed by atoms with Crippen LogP contribution in [0.4, 0.5) is 0 Å². The van der Waals surface area contributed by atoms with Crippen molar-refractivity contribution in [3.63, 3.8) is 0 Å². The zero-order valence-electron chi connectivity index (χ0n) is 11.7. The van der Waals surface area contributed by atoms with Crippen LogP contribution in [0.25, 0.3) is 0 Å². The van der Waals surface area contributed by atoms with Crippen molar-refractivity contribution < 1.29 is 4.79 Å². The van der Waals surface area contributed by atoms with Gasteiger partial charge in [0.05, 0.1) is 6.07 Å². The van der Waals surface area contributed by atoms with Gasteiger partial charge in [0, 0.05) is 18.7 Å². The van der Waals surface area contributed by atoms with Crippen LogP contribution < -0.4 is 0 Å². The maximum atomic E-state index is 11.7. The summed E-state index contributed by atoms with van der Waals surface area (Å²) in [7, 11) is 0. The van der Waals surface area contributed by atoms with Gasteiger partial charge >= 0.3 is 0 Å². The molecule has 0 fully saturated rings. The molecule has 0 saturated carbocycles. The van der Waals surface area contributed by atoms with E-state index in [4.69, 9.17) is 5.26 Å². The largest absolute Gasteiger partial charge is 0.341 e. The molecule has 100 valence electrons. The van der Waals surface area contributed by atoms with Crippen molar-refractivity contribution in [1.82, 2.24) is 4.90 Å². The number of amides is 1. The van der Waals surface area contributed by atoms with E-state index < -0.39 is 0 Å². The molecule has 0 atom stereocenters. The first-order valence-electron chi connectivity index (χ1n) is 6.45. The highest BCUT2D eigenvalue weighted by Crippen LogP contribution is 2.16. The smallest absolute Gasteiger partial charge is 0.244 e. The van der Waals surface area contributed by atoms with Gasteiger partial charge in [-0.3, -0.25) is 9.79 Å². The van der Waals surface area contributed by atoms with Crippen molar-refractivity contribution in [3.05, 3.63) is 11.1 Å². The summed E-state index contributed by atoms with van der Waals surface area (Å²) in [6.07, 6.45) is 2.39. The van der Waals surface area contributed by atoms with Crippen LogP contribution in [0.1, 0.15) is 40.0 Å². The number of carbonyl (C=O) groups excluding carboxylic acids is 1. The Bertz CT molecular complexity index is 353. The van der Waals surface area contributed by atoms with Crippen molar-refractivity contribution in [3.8, 4) is 6.07 Å². The average Bonchev–Trinajstić information content (AvgIpc) is 2.38. The van der Waals surface area contributed by atoms with Gasteiger partial charge in [-0.2, -0.15) is 5.26 Å². The number of nitriles is 1. The maximum absolute atomic E-state index is 11.7. The summed E-state index contributed by atoms with van der Waals surface area (Å²) < 4.78 is 0. The summed E-state index contributed by atoms with van der Waals surface area (Å²) in [4.78, 5) is 17.1. The van der Waals surface area contributed by atoms with Gasteiger partial charge in [0.1, 0.15) is 6.54 Å². The van der Waals surface area contributed by atoms with Crippen LogP contribution >= 0.6 is 0 Å². The molecule has 0 bridgehead atoms. The van der Waals surface area contributed by atoms with Gasteiger partial charge in [0.25, 0.3) is 0 Å². The fourth-order valence-corrected chi connectivity index (χ4v) is 1.87. The summed E-state index contributed by atoms with van der Waals surface area (Å²) in [5.41, 5.74) is 2.00. The molecule has 0 N–H and O–H groups in total. The fourth-order valence-electron chi connectivity index (χ4n) is 1.87. The van der Waals surface area contributed by atoms with E-state index in [1.165, 1.54) is 0 Å². The molecule has 4 nitrogen and oxygen atoms in total. The first kappa shape index (κ1) is 16.4. The molecule has 18 heavy (non-hydrogen) atoms. The van der Waals surface area contributed by atoms with Crippen LogP contribution in [0.3, 0.4) is 0 Å². The highest BCUT2D eigenvalue weighted by atomic mass is 16.2. The molecule has 1 amide bonds. The molecule has 0 rings (SSSR count). The van der Waals surface area contributed by atoms with Gasteiger partial charge in [0.2, 0.25) is 5.91 Å². The van der Waals surface area contributed by atoms with E-state index in [1.54, 1.807) is 4.90 Å². The zero-order valence-corrected chi connectivity index (χ0v) is 11.7. The third-order valence-corrected chi connectivity index (χ3v) is 3.01. The molecule has 0 aliphatic rings. The molecule has 4 heteroatoms. The topological polar surface area (TPSA) is 56.5 Å². The number of likely N-dealkylation sites (N-methyl/N-ethyl adjacent to an activating group) is 1. The second kappa shape index (κ2) is 9.41. The van der Waals surface area contributed by atoms with Crippen molar-refractivity contribution in [1.29, 1.82) is 5.26 Å². The Morgan fingerprint density at radius 3 is 2.39 bits per heavy atom. The minimum Gasteiger partial charge on any atom is -0.341 e. The van der Waals surface area contributed by atoms with Crippen LogP contribution in [-0.2, 0) is 4.79 Å². The molecule has 0 aliphatic carbocycles. The normalized spacial score (nSPS) is 11.4. The first-order valence-corrected chi connectivity index (χ1v) is 6.45. The van der Waals surface area contributed by atoms with E-state index >= 15 is 0 Å². The lowest BCUT2D eigenvalue weighted by atomic mass is 10.0. The van der Waals surface area contributed by atoms with Crippen LogP contribution in [0.15, 0.2) is 16.1 Å². The molecule has 0 aromatic carbocycles. The molecule has 0 unspecified atom stereocenters. The Hall–Kier alpha value is -1.63. The molecule has 0 saturated heterocycles. The zero-order chi connectivity index (χ0) is 14.0. The Balaban J connectivity index is 4.61. The van der Waals surface area contributed by atoms with Crippen LogP contribution in [0, 0.1) is 11.3 Å². The van der Waals surface area contributed by atoms with E-state index in [0.717, 1.165) is 30.4 Å². The Kier molecular flexibility index (Phi) is 8.55. The number of hydrogen-bond acceptors (Lipinski definition) is 3. The van der Waals surface area contributed by atoms with E-state index in [1.807, 2.05) is 20.8 Å². The SMILES string of the molecule is C=NCC(=O)N(CC)CC/C(CC)=C(\C#N)CC. The lowest BCUT2D eigenvalue weighted by molar-refractivity contribution is -0.129. The van der Waals surface area contributed by atoms with Gasteiger partial charge in [-0.1, -0.05) is 19.4 Å². The second-order valence-corrected chi connectivity index (χ2v) is 4.01. The van der Waals surface area contributed by atoms with Crippen molar-refractivity contribution in [2.45, 2.75) is 40.0 Å². The van der Waals surface area contributed by atoms with Crippen LogP contribution in [0.2, 0.25) is 0 Å². The highest BCUT2D eigenvalue weighted by Gasteiger charge is 2.12. The Morgan fingerprint density at radius 1 is 1.33 bits per heavy atom. The molecule has 0 heterocycles. The number of aliphatic imine (C=N–C) groups is 1. The van der Waals surface area contributed by atoms with Crippen LogP contribution in [0.5, 0.6) is 0 Å². The van der Waals surface area contributed by atoms with Gasteiger partial charge < -0.3 is 4.90 Å². The summed E-state index contributed by atoms with van der Waals surface area (Å²) in [5, 5.41) is 9.03. The average molecular weight is 249 g/mol. The molecular formula is C14H23N3O. The summed E-state index contributed by atoms with van der Waals surface area (Å²) in [5.74, 6) is -0.00189. The summed E-state index contributed by atoms with van der Waals surface area (Å²) in [6.45, 7) is 10.8. The molecule has 0 radical (unpaired) electrons. The van der Waals surface area contributed by atoms with E-state index in [-0.39, 0.29) is 12.5 Å². The van der Waals surface area contributed by atoms with Gasteiger partial charge in [0.15, 0.2) is 0 Å². The molecule has 0 aromatic heterocycles. The van der Waals surface area contributed by atoms with E-state index in [9.17, 15) is 4.79 Å². The Labute approximate surface area is 110 Å². The number of carbonyl (C=O) groups is 1. The van der Waals surface area contributed by atoms with Gasteiger partial charge in [-0.05, 0) is 32.9 Å². The Morgan fingerprint density at radius 2 is 2.00 bits per heavy atom. The highest BCUT2D eigenvalue weighted by molar-refractivity contribution is 5.78. The first-order chi connectivity index (χ1) is 8.64. The minimum atomic E-state index is -0.00189. The number of rotatable bonds is 8. The van der Waals surface area contributed by atoms with Crippen molar-refractivity contribution >= 4 is 12.6 Å². The number of hydrogen-bond donors (Lipinski definition) is 0. The molecule has 0 spiro atoms. The predicted octanol–water partition coefficient (Wildman–Crippen LogP) is 2.57. The predicted molar refractivity (Wildman–Crippen MR) is 74.5 cm³/mol. The monoisotopic (exact) mass is 249 g/mol. The quantitative estimate of drug-likeness (QED) is 0.490. The van der Waals surface area contributed by atoms with Crippen LogP contribution in [-0.4, -0.2) is 37.2 Å². The van der Waals surface area contributed by atoms with Gasteiger partial charge in [-0.15, -0.1) is 0 Å². The van der Waals surface area contributed by atoms with Gasteiger partial charge in [-0.25, -0.2) is 0 Å². The lowest BCUT2D eigenvalue weighted by Gasteiger charge is -2.21. The fraction of sp³-hybridized carbons (Fsp3) is 0.643. The summed E-state index contributed by atoms with van der Waals surface area (Å²) >= 11 is 0. The van der Waals surface area contributed by atoms with Crippen molar-refractivity contribution in [2.24, 2.45) is 4.99 Å². The molecular weight excluding hydrogens is 226 g/mol. The van der Waals surface area contributed by atoms with Crippen molar-refractivity contribution in [2.75, 3.05) is 19.6 Å². The third-order valence-electron chi connectivity index (χ3n) is 3.01. The summed E-state index contributed by atoms with van der Waals surface area (Å²) in [6, 6.07) is 2.25.